The van der Waals surface area contributed by atoms with Crippen LogP contribution in [-0.2, 0) is 41.7 Å². The van der Waals surface area contributed by atoms with Gasteiger partial charge in [0.2, 0.25) is 0 Å². The Labute approximate surface area is 268 Å². The van der Waals surface area contributed by atoms with E-state index in [9.17, 15) is 9.59 Å². The molecule has 4 rings (SSSR count). The third-order valence-corrected chi connectivity index (χ3v) is 8.11. The van der Waals surface area contributed by atoms with Crippen LogP contribution in [0.5, 0.6) is 11.5 Å². The predicted octanol–water partition coefficient (Wildman–Crippen LogP) is 5.36. The van der Waals surface area contributed by atoms with Gasteiger partial charge in [0.1, 0.15) is 46.9 Å². The lowest BCUT2D eigenvalue weighted by molar-refractivity contribution is -0.184. The van der Waals surface area contributed by atoms with E-state index in [0.29, 0.717) is 5.17 Å². The lowest BCUT2D eigenvalue weighted by Gasteiger charge is -2.41. The van der Waals surface area contributed by atoms with Crippen molar-refractivity contribution < 1.29 is 42.7 Å². The van der Waals surface area contributed by atoms with Gasteiger partial charge in [-0.1, -0.05) is 36.0 Å². The molecule has 0 aliphatic carbocycles. The molecule has 0 saturated carbocycles. The molecule has 0 radical (unpaired) electrons. The molecule has 2 aromatic carbocycles. The van der Waals surface area contributed by atoms with Crippen molar-refractivity contribution in [3.05, 3.63) is 71.8 Å². The van der Waals surface area contributed by atoms with E-state index in [1.165, 1.54) is 22.7 Å². The van der Waals surface area contributed by atoms with Crippen molar-refractivity contribution in [1.29, 1.82) is 0 Å². The molecule has 0 spiro atoms. The number of carbonyl (C=O) groups excluding carboxylic acids is 2. The number of fused-ring (bicyclic) bond motifs is 1. The summed E-state index contributed by atoms with van der Waals surface area (Å²) in [6, 6.07) is 14.6. The quantitative estimate of drug-likeness (QED) is 0.235. The van der Waals surface area contributed by atoms with E-state index >= 15 is 0 Å². The summed E-state index contributed by atoms with van der Waals surface area (Å²) >= 11 is 1.29. The van der Waals surface area contributed by atoms with Crippen molar-refractivity contribution in [2.45, 2.75) is 76.3 Å². The summed E-state index contributed by atoms with van der Waals surface area (Å²) in [7, 11) is 4.84. The molecule has 0 aromatic heterocycles. The number of methoxy groups -OCH3 is 2. The van der Waals surface area contributed by atoms with Crippen molar-refractivity contribution in [2.75, 3.05) is 27.9 Å². The van der Waals surface area contributed by atoms with Crippen LogP contribution in [0.25, 0.3) is 0 Å². The summed E-state index contributed by atoms with van der Waals surface area (Å²) in [5.41, 5.74) is 0.636. The van der Waals surface area contributed by atoms with Crippen molar-refractivity contribution >= 4 is 29.0 Å². The molecule has 2 aliphatic rings. The molecule has 2 aliphatic heterocycles. The van der Waals surface area contributed by atoms with Crippen molar-refractivity contribution in [2.24, 2.45) is 4.99 Å². The first kappa shape index (κ1) is 34.3. The fourth-order valence-electron chi connectivity index (χ4n) is 4.65. The Bertz CT molecular complexity index is 1340. The molecule has 12 heteroatoms. The third kappa shape index (κ3) is 9.46. The van der Waals surface area contributed by atoms with Gasteiger partial charge in [0.05, 0.1) is 34.0 Å². The maximum Gasteiger partial charge on any atom is 0.416 e. The second-order valence-corrected chi connectivity index (χ2v) is 12.5. The van der Waals surface area contributed by atoms with E-state index in [4.69, 9.17) is 38.2 Å². The van der Waals surface area contributed by atoms with Gasteiger partial charge in [-0.2, -0.15) is 0 Å². The molecule has 0 unspecified atom stereocenters. The first-order chi connectivity index (χ1) is 21.5. The molecular weight excluding hydrogens is 600 g/mol. The monoisotopic (exact) mass is 642 g/mol. The second kappa shape index (κ2) is 15.6. The summed E-state index contributed by atoms with van der Waals surface area (Å²) < 4.78 is 40.8. The molecule has 244 valence electrons. The SMILES string of the molecule is CCOC(=O)C=C[C@H]1O[C@@H]2SC(N(C)C(=O)OC(C)(C)C)=N[C@@H]2[C@@H](OCc2ccc(OC)cc2)[C@@H]1OCc1ccc(OC)cc1. The van der Waals surface area contributed by atoms with Gasteiger partial charge in [-0.25, -0.2) is 9.59 Å². The highest BCUT2D eigenvalue weighted by atomic mass is 32.2. The molecule has 1 amide bonds. The van der Waals surface area contributed by atoms with Crippen molar-refractivity contribution in [3.63, 3.8) is 0 Å². The molecule has 45 heavy (non-hydrogen) atoms. The molecule has 1 fully saturated rings. The van der Waals surface area contributed by atoms with Crippen LogP contribution in [0.1, 0.15) is 38.8 Å². The van der Waals surface area contributed by atoms with Gasteiger partial charge in [0, 0.05) is 13.1 Å². The fourth-order valence-corrected chi connectivity index (χ4v) is 5.81. The minimum Gasteiger partial charge on any atom is -0.497 e. The highest BCUT2D eigenvalue weighted by Crippen LogP contribution is 2.40. The molecule has 11 nitrogen and oxygen atoms in total. The molecular formula is C33H42N2O9S. The highest BCUT2D eigenvalue weighted by Gasteiger charge is 2.51. The number of esters is 1. The molecule has 2 aromatic rings. The van der Waals surface area contributed by atoms with Gasteiger partial charge in [-0.3, -0.25) is 9.89 Å². The van der Waals surface area contributed by atoms with Gasteiger partial charge in [0.15, 0.2) is 5.17 Å². The zero-order chi connectivity index (χ0) is 32.6. The van der Waals surface area contributed by atoms with E-state index in [1.54, 1.807) is 55.0 Å². The average Bonchev–Trinajstić information content (AvgIpc) is 3.45. The lowest BCUT2D eigenvalue weighted by atomic mass is 9.97. The number of aliphatic imine (C=N–C) groups is 1. The molecule has 5 atom stereocenters. The Morgan fingerprint density at radius 3 is 2.00 bits per heavy atom. The van der Waals surface area contributed by atoms with Crippen LogP contribution in [0.4, 0.5) is 4.79 Å². The lowest BCUT2D eigenvalue weighted by Crippen LogP contribution is -2.56. The number of benzene rings is 2. The molecule has 0 N–H and O–H groups in total. The van der Waals surface area contributed by atoms with Gasteiger partial charge in [0.25, 0.3) is 0 Å². The zero-order valence-corrected chi connectivity index (χ0v) is 27.6. The number of amidine groups is 1. The van der Waals surface area contributed by atoms with Crippen LogP contribution in [-0.4, -0.2) is 85.4 Å². The number of thioether (sulfide) groups is 1. The van der Waals surface area contributed by atoms with Crippen LogP contribution < -0.4 is 9.47 Å². The molecule has 0 bridgehead atoms. The number of carbonyl (C=O) groups is 2. The topological polar surface area (TPSA) is 114 Å². The van der Waals surface area contributed by atoms with Gasteiger partial charge in [-0.15, -0.1) is 0 Å². The second-order valence-electron chi connectivity index (χ2n) is 11.4. The fraction of sp³-hybridized carbons (Fsp3) is 0.485. The number of rotatable bonds is 11. The summed E-state index contributed by atoms with van der Waals surface area (Å²) in [5.74, 6) is 0.979. The number of amides is 1. The van der Waals surface area contributed by atoms with Crippen molar-refractivity contribution in [3.8, 4) is 11.5 Å². The summed E-state index contributed by atoms with van der Waals surface area (Å²) in [4.78, 5) is 31.5. The number of hydrogen-bond donors (Lipinski definition) is 0. The summed E-state index contributed by atoms with van der Waals surface area (Å²) in [6.07, 6.45) is 0.461. The van der Waals surface area contributed by atoms with E-state index in [2.05, 4.69) is 0 Å². The Morgan fingerprint density at radius 1 is 0.933 bits per heavy atom. The Balaban J connectivity index is 1.65. The Hall–Kier alpha value is -3.58. The maximum atomic E-state index is 12.9. The van der Waals surface area contributed by atoms with E-state index in [-0.39, 0.29) is 19.8 Å². The normalized spacial score (nSPS) is 22.8. The van der Waals surface area contributed by atoms with Crippen LogP contribution in [0, 0.1) is 0 Å². The molecule has 1 saturated heterocycles. The Kier molecular flexibility index (Phi) is 11.9. The predicted molar refractivity (Wildman–Crippen MR) is 170 cm³/mol. The van der Waals surface area contributed by atoms with Crippen molar-refractivity contribution in [1.82, 2.24) is 4.90 Å². The Morgan fingerprint density at radius 2 is 1.49 bits per heavy atom. The maximum absolute atomic E-state index is 12.9. The summed E-state index contributed by atoms with van der Waals surface area (Å²) in [6.45, 7) is 7.90. The van der Waals surface area contributed by atoms with E-state index in [0.717, 1.165) is 22.6 Å². The van der Waals surface area contributed by atoms with Crippen LogP contribution in [0.2, 0.25) is 0 Å². The first-order valence-corrected chi connectivity index (χ1v) is 15.6. The van der Waals surface area contributed by atoms with Crippen LogP contribution in [0.15, 0.2) is 65.7 Å². The van der Waals surface area contributed by atoms with Gasteiger partial charge in [-0.05, 0) is 69.2 Å². The highest BCUT2D eigenvalue weighted by molar-refractivity contribution is 8.14. The standard InChI is InChI=1S/C33H42N2O9S/c1-8-40-26(36)18-17-25-28(41-19-21-9-13-23(38-6)14-10-21)29(42-20-22-11-15-24(39-7)16-12-22)27-30(43-25)45-31(34-27)35(5)32(37)44-33(2,3)4/h9-18,25,27-30H,8,19-20H2,1-7H3/t25-,27-,28-,29-,30-/m1/s1. The van der Waals surface area contributed by atoms with E-state index < -0.39 is 47.5 Å². The smallest absolute Gasteiger partial charge is 0.416 e. The average molecular weight is 643 g/mol. The minimum absolute atomic E-state index is 0.239. The number of hydrogen-bond acceptors (Lipinski definition) is 11. The summed E-state index contributed by atoms with van der Waals surface area (Å²) in [5, 5.41) is 0.432. The van der Waals surface area contributed by atoms with Gasteiger partial charge < -0.3 is 33.2 Å². The zero-order valence-electron chi connectivity index (χ0n) is 26.8. The first-order valence-electron chi connectivity index (χ1n) is 14.7. The van der Waals surface area contributed by atoms with Gasteiger partial charge >= 0.3 is 12.1 Å². The number of nitrogens with zero attached hydrogens (tertiary/aromatic N) is 2. The third-order valence-electron chi connectivity index (χ3n) is 6.90. The van der Waals surface area contributed by atoms with Crippen LogP contribution >= 0.6 is 11.8 Å². The largest absolute Gasteiger partial charge is 0.497 e. The number of ether oxygens (including phenoxy) is 7. The minimum atomic E-state index is -0.691. The van der Waals surface area contributed by atoms with Crippen LogP contribution in [0.3, 0.4) is 0 Å². The van der Waals surface area contributed by atoms with E-state index in [1.807, 2.05) is 48.5 Å². The molecule has 2 heterocycles.